The van der Waals surface area contributed by atoms with Crippen molar-refractivity contribution in [3.05, 3.63) is 0 Å². The molecule has 2 nitrogen and oxygen atoms in total. The fraction of sp³-hybridized carbons (Fsp3) is 1.00. The molecule has 1 fully saturated rings. The molecule has 0 aromatic heterocycles. The van der Waals surface area contributed by atoms with E-state index in [1.807, 2.05) is 0 Å². The lowest BCUT2D eigenvalue weighted by Crippen LogP contribution is -2.06. The van der Waals surface area contributed by atoms with Gasteiger partial charge in [0, 0.05) is 0 Å². The van der Waals surface area contributed by atoms with Gasteiger partial charge in [-0.2, -0.15) is 0 Å². The van der Waals surface area contributed by atoms with Crippen LogP contribution in [0.3, 0.4) is 0 Å². The molecule has 0 N–H and O–H groups in total. The van der Waals surface area contributed by atoms with Crippen LogP contribution in [0.15, 0.2) is 0 Å². The van der Waals surface area contributed by atoms with Crippen molar-refractivity contribution in [1.82, 2.24) is 0 Å². The van der Waals surface area contributed by atoms with Crippen molar-refractivity contribution < 1.29 is 9.47 Å². The van der Waals surface area contributed by atoms with Gasteiger partial charge < -0.3 is 9.47 Å². The summed E-state index contributed by atoms with van der Waals surface area (Å²) in [5, 5.41) is 0. The van der Waals surface area contributed by atoms with Gasteiger partial charge in [-0.15, -0.1) is 0 Å². The topological polar surface area (TPSA) is 18.5 Å². The highest BCUT2D eigenvalue weighted by Crippen LogP contribution is 2.14. The van der Waals surface area contributed by atoms with E-state index in [0.717, 1.165) is 19.6 Å². The third-order valence-corrected chi connectivity index (χ3v) is 3.53. The quantitative estimate of drug-likeness (QED) is 0.363. The SMILES string of the molecule is ICCCCCCCCCC1OCCO1. The highest BCUT2D eigenvalue weighted by atomic mass is 127. The van der Waals surface area contributed by atoms with E-state index in [9.17, 15) is 0 Å². The highest BCUT2D eigenvalue weighted by molar-refractivity contribution is 14.1. The van der Waals surface area contributed by atoms with Gasteiger partial charge in [-0.25, -0.2) is 0 Å². The molecule has 0 unspecified atom stereocenters. The zero-order valence-corrected chi connectivity index (χ0v) is 11.7. The first-order valence-electron chi connectivity index (χ1n) is 6.22. The second kappa shape index (κ2) is 9.85. The molecule has 1 aliphatic rings. The number of alkyl halides is 1. The largest absolute Gasteiger partial charge is 0.350 e. The molecule has 0 saturated carbocycles. The van der Waals surface area contributed by atoms with Crippen molar-refractivity contribution in [2.45, 2.75) is 57.7 Å². The summed E-state index contributed by atoms with van der Waals surface area (Å²) in [5.74, 6) is 0. The van der Waals surface area contributed by atoms with Gasteiger partial charge in [0.25, 0.3) is 0 Å². The van der Waals surface area contributed by atoms with Crippen LogP contribution in [0.5, 0.6) is 0 Å². The minimum absolute atomic E-state index is 0.115. The lowest BCUT2D eigenvalue weighted by Gasteiger charge is -2.07. The molecule has 1 rings (SSSR count). The van der Waals surface area contributed by atoms with Crippen LogP contribution < -0.4 is 0 Å². The Hall–Kier alpha value is 0.650. The van der Waals surface area contributed by atoms with Crippen LogP contribution in [0.4, 0.5) is 0 Å². The van der Waals surface area contributed by atoms with Crippen LogP contribution in [0, 0.1) is 0 Å². The maximum atomic E-state index is 5.39. The van der Waals surface area contributed by atoms with Crippen LogP contribution in [0.2, 0.25) is 0 Å². The van der Waals surface area contributed by atoms with Gasteiger partial charge in [0.1, 0.15) is 0 Å². The lowest BCUT2D eigenvalue weighted by molar-refractivity contribution is -0.0480. The van der Waals surface area contributed by atoms with Gasteiger partial charge in [-0.05, 0) is 23.7 Å². The predicted molar refractivity (Wildman–Crippen MR) is 71.5 cm³/mol. The molecule has 1 saturated heterocycles. The molecule has 3 heteroatoms. The Bertz CT molecular complexity index is 136. The Kier molecular flexibility index (Phi) is 9.00. The lowest BCUT2D eigenvalue weighted by atomic mass is 10.1. The Morgan fingerprint density at radius 3 is 1.93 bits per heavy atom. The van der Waals surface area contributed by atoms with Crippen molar-refractivity contribution in [3.8, 4) is 0 Å². The molecule has 1 heterocycles. The predicted octanol–water partition coefficient (Wildman–Crippen LogP) is 3.92. The van der Waals surface area contributed by atoms with Gasteiger partial charge in [0.15, 0.2) is 6.29 Å². The zero-order valence-electron chi connectivity index (χ0n) is 9.55. The molecule has 0 aromatic carbocycles. The maximum absolute atomic E-state index is 5.39. The van der Waals surface area contributed by atoms with Gasteiger partial charge in [-0.3, -0.25) is 0 Å². The molecule has 0 spiro atoms. The van der Waals surface area contributed by atoms with E-state index in [2.05, 4.69) is 22.6 Å². The number of hydrogen-bond acceptors (Lipinski definition) is 2. The molecular weight excluding hydrogens is 303 g/mol. The minimum atomic E-state index is 0.115. The summed E-state index contributed by atoms with van der Waals surface area (Å²) >= 11 is 2.46. The number of halogens is 1. The van der Waals surface area contributed by atoms with E-state index in [1.54, 1.807) is 0 Å². The molecule has 0 radical (unpaired) electrons. The van der Waals surface area contributed by atoms with Crippen LogP contribution >= 0.6 is 22.6 Å². The molecule has 0 aromatic rings. The van der Waals surface area contributed by atoms with E-state index < -0.39 is 0 Å². The fourth-order valence-electron chi connectivity index (χ4n) is 1.86. The number of rotatable bonds is 9. The van der Waals surface area contributed by atoms with Gasteiger partial charge in [0.05, 0.1) is 13.2 Å². The summed E-state index contributed by atoms with van der Waals surface area (Å²) < 4.78 is 12.1. The normalized spacial score (nSPS) is 17.4. The molecule has 0 amide bonds. The van der Waals surface area contributed by atoms with E-state index in [1.165, 1.54) is 49.4 Å². The summed E-state index contributed by atoms with van der Waals surface area (Å²) in [4.78, 5) is 0. The molecule has 15 heavy (non-hydrogen) atoms. The number of hydrogen-bond donors (Lipinski definition) is 0. The van der Waals surface area contributed by atoms with E-state index >= 15 is 0 Å². The Morgan fingerprint density at radius 2 is 1.33 bits per heavy atom. The van der Waals surface area contributed by atoms with Crippen LogP contribution in [0.25, 0.3) is 0 Å². The van der Waals surface area contributed by atoms with E-state index in [4.69, 9.17) is 9.47 Å². The second-order valence-electron chi connectivity index (χ2n) is 4.12. The minimum Gasteiger partial charge on any atom is -0.350 e. The standard InChI is InChI=1S/C12H23IO2/c13-9-7-5-3-1-2-4-6-8-12-14-10-11-15-12/h12H,1-11H2. The van der Waals surface area contributed by atoms with Gasteiger partial charge in [0.2, 0.25) is 0 Å². The summed E-state index contributed by atoms with van der Waals surface area (Å²) in [6, 6.07) is 0. The van der Waals surface area contributed by atoms with Crippen molar-refractivity contribution in [2.24, 2.45) is 0 Å². The number of ether oxygens (including phenoxy) is 2. The fourth-order valence-corrected chi connectivity index (χ4v) is 2.40. The zero-order chi connectivity index (χ0) is 10.8. The molecule has 0 aliphatic carbocycles. The van der Waals surface area contributed by atoms with Crippen LogP contribution in [0.1, 0.15) is 51.4 Å². The maximum Gasteiger partial charge on any atom is 0.157 e. The van der Waals surface area contributed by atoms with E-state index in [0.29, 0.717) is 0 Å². The highest BCUT2D eigenvalue weighted by Gasteiger charge is 2.14. The molecule has 0 atom stereocenters. The molecule has 0 bridgehead atoms. The van der Waals surface area contributed by atoms with Gasteiger partial charge in [-0.1, -0.05) is 54.7 Å². The van der Waals surface area contributed by atoms with Crippen molar-refractivity contribution in [2.75, 3.05) is 17.6 Å². The third kappa shape index (κ3) is 7.53. The Balaban J connectivity index is 1.73. The summed E-state index contributed by atoms with van der Waals surface area (Å²) in [6.45, 7) is 1.59. The average Bonchev–Trinajstić information content (AvgIpc) is 2.75. The first-order chi connectivity index (χ1) is 7.43. The third-order valence-electron chi connectivity index (χ3n) is 2.76. The summed E-state index contributed by atoms with van der Waals surface area (Å²) in [5.41, 5.74) is 0. The molecule has 90 valence electrons. The Labute approximate surface area is 107 Å². The Morgan fingerprint density at radius 1 is 0.800 bits per heavy atom. The summed E-state index contributed by atoms with van der Waals surface area (Å²) in [7, 11) is 0. The monoisotopic (exact) mass is 326 g/mol. The van der Waals surface area contributed by atoms with E-state index in [-0.39, 0.29) is 6.29 Å². The molecule has 1 aliphatic heterocycles. The first kappa shape index (κ1) is 13.7. The van der Waals surface area contributed by atoms with Crippen molar-refractivity contribution in [3.63, 3.8) is 0 Å². The van der Waals surface area contributed by atoms with Crippen molar-refractivity contribution in [1.29, 1.82) is 0 Å². The second-order valence-corrected chi connectivity index (χ2v) is 5.20. The van der Waals surface area contributed by atoms with Gasteiger partial charge >= 0.3 is 0 Å². The molecular formula is C12H23IO2. The smallest absolute Gasteiger partial charge is 0.157 e. The van der Waals surface area contributed by atoms with Crippen molar-refractivity contribution >= 4 is 22.6 Å². The summed E-state index contributed by atoms with van der Waals surface area (Å²) in [6.07, 6.45) is 10.8. The van der Waals surface area contributed by atoms with Crippen LogP contribution in [-0.4, -0.2) is 23.9 Å². The first-order valence-corrected chi connectivity index (χ1v) is 7.75. The number of unbranched alkanes of at least 4 members (excludes halogenated alkanes) is 6. The average molecular weight is 326 g/mol. The van der Waals surface area contributed by atoms with Crippen LogP contribution in [-0.2, 0) is 9.47 Å².